The first kappa shape index (κ1) is 13.0. The lowest BCUT2D eigenvalue weighted by atomic mass is 10.1. The fraction of sp³-hybridized carbons (Fsp3) is 1.00. The number of ether oxygens (including phenoxy) is 1. The van der Waals surface area contributed by atoms with Crippen molar-refractivity contribution in [1.29, 1.82) is 0 Å². The van der Waals surface area contributed by atoms with Crippen LogP contribution in [-0.2, 0) is 4.74 Å². The molecule has 0 bridgehead atoms. The fourth-order valence-electron chi connectivity index (χ4n) is 2.28. The Hall–Kier alpha value is -0.0800. The molecule has 0 aromatic rings. The maximum absolute atomic E-state index is 5.71. The van der Waals surface area contributed by atoms with Crippen molar-refractivity contribution in [3.63, 3.8) is 0 Å². The van der Waals surface area contributed by atoms with Crippen LogP contribution in [0.25, 0.3) is 0 Å². The first-order valence-corrected chi connectivity index (χ1v) is 6.74. The molecule has 1 unspecified atom stereocenters. The Bertz CT molecular complexity index is 149. The lowest BCUT2D eigenvalue weighted by Gasteiger charge is -2.20. The molecule has 0 amide bonds. The molecule has 0 radical (unpaired) electrons. The van der Waals surface area contributed by atoms with E-state index in [9.17, 15) is 0 Å². The highest BCUT2D eigenvalue weighted by atomic mass is 16.5. The van der Waals surface area contributed by atoms with Crippen LogP contribution >= 0.6 is 0 Å². The molecule has 1 saturated heterocycles. The number of nitrogens with zero attached hydrogens (tertiary/aromatic N) is 1. The van der Waals surface area contributed by atoms with Gasteiger partial charge < -0.3 is 4.74 Å². The molecular weight excluding hydrogens is 186 g/mol. The lowest BCUT2D eigenvalue weighted by Crippen LogP contribution is -2.29. The summed E-state index contributed by atoms with van der Waals surface area (Å²) in [6.45, 7) is 7.71. The van der Waals surface area contributed by atoms with Gasteiger partial charge >= 0.3 is 0 Å². The molecule has 0 aromatic carbocycles. The van der Waals surface area contributed by atoms with E-state index in [1.54, 1.807) is 0 Å². The Kier molecular flexibility index (Phi) is 7.03. The minimum absolute atomic E-state index is 0.432. The molecule has 15 heavy (non-hydrogen) atoms. The van der Waals surface area contributed by atoms with Crippen LogP contribution in [0, 0.1) is 0 Å². The highest BCUT2D eigenvalue weighted by molar-refractivity contribution is 4.68. The van der Waals surface area contributed by atoms with Crippen molar-refractivity contribution in [3.05, 3.63) is 0 Å². The number of likely N-dealkylation sites (N-methyl/N-ethyl adjacent to an activating group) is 1. The summed E-state index contributed by atoms with van der Waals surface area (Å²) in [5.41, 5.74) is 0. The van der Waals surface area contributed by atoms with E-state index in [2.05, 4.69) is 18.7 Å². The van der Waals surface area contributed by atoms with Crippen LogP contribution < -0.4 is 0 Å². The molecule has 0 saturated carbocycles. The number of hydrogen-bond donors (Lipinski definition) is 0. The molecule has 2 heteroatoms. The van der Waals surface area contributed by atoms with Gasteiger partial charge in [-0.3, -0.25) is 4.90 Å². The van der Waals surface area contributed by atoms with Crippen LogP contribution in [0.1, 0.15) is 58.8 Å². The summed E-state index contributed by atoms with van der Waals surface area (Å²) in [7, 11) is 0. The van der Waals surface area contributed by atoms with E-state index in [1.807, 2.05) is 0 Å². The zero-order valence-corrected chi connectivity index (χ0v) is 10.5. The summed E-state index contributed by atoms with van der Waals surface area (Å²) in [6.07, 6.45) is 9.96. The van der Waals surface area contributed by atoms with Crippen molar-refractivity contribution < 1.29 is 4.74 Å². The summed E-state index contributed by atoms with van der Waals surface area (Å²) in [5.74, 6) is 0. The summed E-state index contributed by atoms with van der Waals surface area (Å²) in [5, 5.41) is 0. The van der Waals surface area contributed by atoms with Gasteiger partial charge in [0, 0.05) is 6.54 Å². The molecule has 0 spiro atoms. The van der Waals surface area contributed by atoms with Gasteiger partial charge in [0.1, 0.15) is 6.23 Å². The molecule has 0 N–H and O–H groups in total. The molecule has 1 rings (SSSR count). The zero-order valence-electron chi connectivity index (χ0n) is 10.5. The highest BCUT2D eigenvalue weighted by Crippen LogP contribution is 2.16. The Labute approximate surface area is 95.0 Å². The van der Waals surface area contributed by atoms with E-state index >= 15 is 0 Å². The molecule has 1 aliphatic heterocycles. The Balaban J connectivity index is 1.95. The van der Waals surface area contributed by atoms with Gasteiger partial charge in [0.2, 0.25) is 0 Å². The van der Waals surface area contributed by atoms with Crippen LogP contribution in [0.4, 0.5) is 0 Å². The van der Waals surface area contributed by atoms with Gasteiger partial charge in [-0.25, -0.2) is 0 Å². The van der Waals surface area contributed by atoms with Crippen LogP contribution in [0.15, 0.2) is 0 Å². The fourth-order valence-corrected chi connectivity index (χ4v) is 2.28. The van der Waals surface area contributed by atoms with Crippen LogP contribution in [0.5, 0.6) is 0 Å². The lowest BCUT2D eigenvalue weighted by molar-refractivity contribution is 0.0277. The summed E-state index contributed by atoms with van der Waals surface area (Å²) in [4.78, 5) is 2.45. The van der Waals surface area contributed by atoms with E-state index in [0.29, 0.717) is 6.23 Å². The molecular formula is C13H27NO. The van der Waals surface area contributed by atoms with Crippen molar-refractivity contribution >= 4 is 0 Å². The topological polar surface area (TPSA) is 12.5 Å². The molecule has 0 aromatic heterocycles. The summed E-state index contributed by atoms with van der Waals surface area (Å²) < 4.78 is 5.71. The van der Waals surface area contributed by atoms with Gasteiger partial charge in [-0.1, -0.05) is 46.0 Å². The van der Waals surface area contributed by atoms with Crippen molar-refractivity contribution in [3.8, 4) is 0 Å². The maximum atomic E-state index is 5.71. The standard InChI is InChI=1S/C13H27NO/c1-3-5-6-7-8-9-10-13-14(4-2)11-12-15-13/h13H,3-12H2,1-2H3. The van der Waals surface area contributed by atoms with Gasteiger partial charge in [0.05, 0.1) is 6.61 Å². The van der Waals surface area contributed by atoms with Crippen molar-refractivity contribution in [2.75, 3.05) is 19.7 Å². The second-order valence-electron chi connectivity index (χ2n) is 4.51. The van der Waals surface area contributed by atoms with Gasteiger partial charge in [0.25, 0.3) is 0 Å². The highest BCUT2D eigenvalue weighted by Gasteiger charge is 2.22. The number of rotatable bonds is 8. The minimum Gasteiger partial charge on any atom is -0.362 e. The molecule has 1 atom stereocenters. The Morgan fingerprint density at radius 1 is 1.07 bits per heavy atom. The SMILES string of the molecule is CCCCCCCCC1OCCN1CC. The molecule has 0 aliphatic carbocycles. The van der Waals surface area contributed by atoms with Crippen LogP contribution in [0.2, 0.25) is 0 Å². The molecule has 90 valence electrons. The third-order valence-electron chi connectivity index (χ3n) is 3.31. The first-order chi connectivity index (χ1) is 7.38. The smallest absolute Gasteiger partial charge is 0.110 e. The number of hydrogen-bond acceptors (Lipinski definition) is 2. The Morgan fingerprint density at radius 2 is 1.80 bits per heavy atom. The predicted octanol–water partition coefficient (Wildman–Crippen LogP) is 3.42. The van der Waals surface area contributed by atoms with Crippen LogP contribution in [0.3, 0.4) is 0 Å². The second-order valence-corrected chi connectivity index (χ2v) is 4.51. The maximum Gasteiger partial charge on any atom is 0.110 e. The van der Waals surface area contributed by atoms with E-state index < -0.39 is 0 Å². The summed E-state index contributed by atoms with van der Waals surface area (Å²) in [6, 6.07) is 0. The second kappa shape index (κ2) is 8.12. The monoisotopic (exact) mass is 213 g/mol. The van der Waals surface area contributed by atoms with Crippen LogP contribution in [-0.4, -0.2) is 30.8 Å². The third kappa shape index (κ3) is 4.98. The predicted molar refractivity (Wildman–Crippen MR) is 65.0 cm³/mol. The average molecular weight is 213 g/mol. The van der Waals surface area contributed by atoms with Gasteiger partial charge in [0.15, 0.2) is 0 Å². The Morgan fingerprint density at radius 3 is 2.53 bits per heavy atom. The third-order valence-corrected chi connectivity index (χ3v) is 3.31. The average Bonchev–Trinajstić information content (AvgIpc) is 2.70. The molecule has 1 fully saturated rings. The normalized spacial score (nSPS) is 22.4. The van der Waals surface area contributed by atoms with E-state index in [4.69, 9.17) is 4.74 Å². The molecule has 1 heterocycles. The van der Waals surface area contributed by atoms with E-state index in [0.717, 1.165) is 19.7 Å². The summed E-state index contributed by atoms with van der Waals surface area (Å²) >= 11 is 0. The van der Waals surface area contributed by atoms with Crippen molar-refractivity contribution in [2.24, 2.45) is 0 Å². The largest absolute Gasteiger partial charge is 0.362 e. The van der Waals surface area contributed by atoms with Gasteiger partial charge in [-0.2, -0.15) is 0 Å². The van der Waals surface area contributed by atoms with Crippen molar-refractivity contribution in [2.45, 2.75) is 65.0 Å². The van der Waals surface area contributed by atoms with E-state index in [1.165, 1.54) is 44.9 Å². The quantitative estimate of drug-likeness (QED) is 0.573. The zero-order chi connectivity index (χ0) is 10.9. The molecule has 1 aliphatic rings. The first-order valence-electron chi connectivity index (χ1n) is 6.74. The van der Waals surface area contributed by atoms with Gasteiger partial charge in [-0.15, -0.1) is 0 Å². The van der Waals surface area contributed by atoms with Gasteiger partial charge in [-0.05, 0) is 19.4 Å². The minimum atomic E-state index is 0.432. The van der Waals surface area contributed by atoms with Crippen molar-refractivity contribution in [1.82, 2.24) is 4.90 Å². The van der Waals surface area contributed by atoms with E-state index in [-0.39, 0.29) is 0 Å². The number of unbranched alkanes of at least 4 members (excludes halogenated alkanes) is 5. The molecule has 2 nitrogen and oxygen atoms in total.